The number of nitrogens with zero attached hydrogens (tertiary/aromatic N) is 3. The van der Waals surface area contributed by atoms with Crippen LogP contribution >= 0.6 is 0 Å². The molecular weight excluding hydrogens is 430 g/mol. The van der Waals surface area contributed by atoms with Gasteiger partial charge in [0, 0.05) is 25.8 Å². The van der Waals surface area contributed by atoms with E-state index >= 15 is 0 Å². The molecule has 9 nitrogen and oxygen atoms in total. The number of anilines is 3. The summed E-state index contributed by atoms with van der Waals surface area (Å²) < 4.78 is 1.37. The second-order valence-corrected chi connectivity index (χ2v) is 8.64. The number of nitrogens with one attached hydrogen (secondary N) is 3. The van der Waals surface area contributed by atoms with Crippen molar-refractivity contribution in [2.24, 2.45) is 0 Å². The summed E-state index contributed by atoms with van der Waals surface area (Å²) in [5, 5.41) is 6.22. The summed E-state index contributed by atoms with van der Waals surface area (Å²) in [5.74, 6) is 0.143. The molecule has 0 saturated carbocycles. The first-order chi connectivity index (χ1) is 16.5. The molecule has 0 unspecified atom stereocenters. The highest BCUT2D eigenvalue weighted by Gasteiger charge is 2.14. The van der Waals surface area contributed by atoms with Gasteiger partial charge in [0.05, 0.1) is 0 Å². The first-order valence-corrected chi connectivity index (χ1v) is 12.3. The van der Waals surface area contributed by atoms with Crippen LogP contribution in [0.2, 0.25) is 0 Å². The number of hydrogen-bond acceptors (Lipinski definition) is 7. The van der Waals surface area contributed by atoms with Gasteiger partial charge in [-0.25, -0.2) is 4.79 Å². The van der Waals surface area contributed by atoms with E-state index in [1.807, 2.05) is 0 Å². The van der Waals surface area contributed by atoms with Crippen molar-refractivity contribution in [3.05, 3.63) is 50.7 Å². The number of benzene rings is 1. The molecule has 0 saturated heterocycles. The molecule has 2 heterocycles. The van der Waals surface area contributed by atoms with Crippen LogP contribution in [0.4, 0.5) is 17.5 Å². The lowest BCUT2D eigenvalue weighted by Gasteiger charge is -2.12. The van der Waals surface area contributed by atoms with Gasteiger partial charge in [0.1, 0.15) is 11.2 Å². The zero-order chi connectivity index (χ0) is 24.3. The molecule has 0 radical (unpaired) electrons. The lowest BCUT2D eigenvalue weighted by molar-refractivity contribution is 0.575. The van der Waals surface area contributed by atoms with Crippen LogP contribution in [0, 0.1) is 0 Å². The standard InChI is InChI=1S/C25H37N7O2/c1-3-4-5-6-7-8-9-10-11-18-12-14-19(15-13-18)28-16-17-32-22-20(21(26)29-25(32)34)23(33)31-24(27-2)30-22/h12-15,28H,3-11,16-17H2,1-2H3,(H2,26,29,34)(H2,27,30,31,33). The first-order valence-electron chi connectivity index (χ1n) is 12.3. The SMILES string of the molecule is CCCCCCCCCCc1ccc(NCCn2c(=O)nc(N)c3c(=O)[nH]c(NC)nc32)cc1. The summed E-state index contributed by atoms with van der Waals surface area (Å²) in [6, 6.07) is 8.42. The molecule has 1 aromatic carbocycles. The van der Waals surface area contributed by atoms with Gasteiger partial charge in [-0.1, -0.05) is 64.0 Å². The minimum absolute atomic E-state index is 0.115. The average Bonchev–Trinajstić information content (AvgIpc) is 2.83. The van der Waals surface area contributed by atoms with E-state index in [1.165, 1.54) is 61.5 Å². The fourth-order valence-corrected chi connectivity index (χ4v) is 4.08. The number of nitrogen functional groups attached to an aromatic ring is 1. The summed E-state index contributed by atoms with van der Waals surface area (Å²) in [7, 11) is 1.64. The van der Waals surface area contributed by atoms with E-state index in [4.69, 9.17) is 5.73 Å². The van der Waals surface area contributed by atoms with Crippen LogP contribution < -0.4 is 27.6 Å². The molecule has 3 aromatic rings. The molecule has 0 amide bonds. The Labute approximate surface area is 200 Å². The van der Waals surface area contributed by atoms with Gasteiger partial charge in [0.25, 0.3) is 5.56 Å². The van der Waals surface area contributed by atoms with E-state index in [2.05, 4.69) is 56.8 Å². The largest absolute Gasteiger partial charge is 0.383 e. The van der Waals surface area contributed by atoms with E-state index in [9.17, 15) is 9.59 Å². The molecular formula is C25H37N7O2. The van der Waals surface area contributed by atoms with Gasteiger partial charge in [-0.05, 0) is 30.5 Å². The summed E-state index contributed by atoms with van der Waals surface area (Å²) in [6.45, 7) is 3.02. The third kappa shape index (κ3) is 6.82. The Hall–Kier alpha value is -3.36. The van der Waals surface area contributed by atoms with Gasteiger partial charge in [-0.2, -0.15) is 9.97 Å². The predicted octanol–water partition coefficient (Wildman–Crippen LogP) is 3.90. The summed E-state index contributed by atoms with van der Waals surface area (Å²) >= 11 is 0. The molecule has 5 N–H and O–H groups in total. The second kappa shape index (κ2) is 12.8. The minimum Gasteiger partial charge on any atom is -0.383 e. The zero-order valence-electron chi connectivity index (χ0n) is 20.3. The molecule has 0 aliphatic heterocycles. The minimum atomic E-state index is -0.535. The van der Waals surface area contributed by atoms with E-state index in [-0.39, 0.29) is 22.8 Å². The zero-order valence-corrected chi connectivity index (χ0v) is 20.3. The smallest absolute Gasteiger partial charge is 0.351 e. The van der Waals surface area contributed by atoms with Crippen molar-refractivity contribution in [3.8, 4) is 0 Å². The van der Waals surface area contributed by atoms with Gasteiger partial charge in [0.2, 0.25) is 5.95 Å². The van der Waals surface area contributed by atoms with Gasteiger partial charge < -0.3 is 16.4 Å². The molecule has 34 heavy (non-hydrogen) atoms. The topological polar surface area (TPSA) is 131 Å². The van der Waals surface area contributed by atoms with E-state index in [1.54, 1.807) is 7.05 Å². The fraction of sp³-hybridized carbons (Fsp3) is 0.520. The molecule has 0 spiro atoms. The Bertz CT molecular complexity index is 1170. The van der Waals surface area contributed by atoms with Gasteiger partial charge in [-0.15, -0.1) is 0 Å². The van der Waals surface area contributed by atoms with Gasteiger partial charge in [0.15, 0.2) is 5.65 Å². The summed E-state index contributed by atoms with van der Waals surface area (Å²) in [6.07, 6.45) is 11.7. The number of aromatic amines is 1. The highest BCUT2D eigenvalue weighted by molar-refractivity contribution is 5.85. The number of aryl methyl sites for hydroxylation is 1. The monoisotopic (exact) mass is 467 g/mol. The van der Waals surface area contributed by atoms with Crippen molar-refractivity contribution in [1.29, 1.82) is 0 Å². The predicted molar refractivity (Wildman–Crippen MR) is 140 cm³/mol. The van der Waals surface area contributed by atoms with Gasteiger partial charge in [-0.3, -0.25) is 14.3 Å². The van der Waals surface area contributed by atoms with Crippen LogP contribution in [-0.2, 0) is 13.0 Å². The van der Waals surface area contributed by atoms with Crippen LogP contribution in [0.15, 0.2) is 33.9 Å². The third-order valence-corrected chi connectivity index (χ3v) is 6.03. The van der Waals surface area contributed by atoms with Crippen molar-refractivity contribution < 1.29 is 0 Å². The summed E-state index contributed by atoms with van der Waals surface area (Å²) in [4.78, 5) is 35.5. The Morgan fingerprint density at radius 3 is 2.32 bits per heavy atom. The third-order valence-electron chi connectivity index (χ3n) is 6.03. The fourth-order valence-electron chi connectivity index (χ4n) is 4.08. The highest BCUT2D eigenvalue weighted by Crippen LogP contribution is 2.15. The summed E-state index contributed by atoms with van der Waals surface area (Å²) in [5.41, 5.74) is 7.36. The van der Waals surface area contributed by atoms with Crippen LogP contribution in [-0.4, -0.2) is 33.1 Å². The molecule has 184 valence electrons. The molecule has 9 heteroatoms. The lowest BCUT2D eigenvalue weighted by Crippen LogP contribution is -2.30. The number of hydrogen-bond donors (Lipinski definition) is 4. The quantitative estimate of drug-likeness (QED) is 0.264. The molecule has 0 aliphatic rings. The molecule has 3 rings (SSSR count). The number of unbranched alkanes of at least 4 members (excludes halogenated alkanes) is 7. The molecule has 2 aromatic heterocycles. The Morgan fingerprint density at radius 2 is 1.65 bits per heavy atom. The highest BCUT2D eigenvalue weighted by atomic mass is 16.1. The van der Waals surface area contributed by atoms with Crippen LogP contribution in [0.1, 0.15) is 63.9 Å². The van der Waals surface area contributed by atoms with E-state index in [0.717, 1.165) is 12.1 Å². The van der Waals surface area contributed by atoms with E-state index < -0.39 is 11.2 Å². The molecule has 0 fully saturated rings. The Morgan fingerprint density at radius 1 is 0.971 bits per heavy atom. The molecule has 0 bridgehead atoms. The maximum atomic E-state index is 12.4. The lowest BCUT2D eigenvalue weighted by atomic mass is 10.0. The number of nitrogens with two attached hydrogens (primary N) is 1. The van der Waals surface area contributed by atoms with Gasteiger partial charge >= 0.3 is 5.69 Å². The number of fused-ring (bicyclic) bond motifs is 1. The van der Waals surface area contributed by atoms with Crippen molar-refractivity contribution in [1.82, 2.24) is 19.5 Å². The normalized spacial score (nSPS) is 11.1. The Balaban J connectivity index is 1.52. The number of rotatable bonds is 14. The molecule has 0 atom stereocenters. The Kier molecular flexibility index (Phi) is 9.49. The average molecular weight is 468 g/mol. The van der Waals surface area contributed by atoms with E-state index in [0.29, 0.717) is 13.1 Å². The molecule has 0 aliphatic carbocycles. The van der Waals surface area contributed by atoms with Crippen molar-refractivity contribution in [2.75, 3.05) is 30.0 Å². The first kappa shape index (κ1) is 25.3. The number of aromatic nitrogens is 4. The van der Waals surface area contributed by atoms with Crippen LogP contribution in [0.3, 0.4) is 0 Å². The van der Waals surface area contributed by atoms with Crippen LogP contribution in [0.25, 0.3) is 11.0 Å². The van der Waals surface area contributed by atoms with Crippen molar-refractivity contribution in [3.63, 3.8) is 0 Å². The van der Waals surface area contributed by atoms with Crippen LogP contribution in [0.5, 0.6) is 0 Å². The maximum absolute atomic E-state index is 12.4. The second-order valence-electron chi connectivity index (χ2n) is 8.64. The maximum Gasteiger partial charge on any atom is 0.351 e. The number of H-pyrrole nitrogens is 1. The van der Waals surface area contributed by atoms with Crippen molar-refractivity contribution in [2.45, 2.75) is 71.3 Å². The van der Waals surface area contributed by atoms with Crippen molar-refractivity contribution >= 4 is 28.5 Å².